The van der Waals surface area contributed by atoms with Crippen LogP contribution < -0.4 is 0 Å². The summed E-state index contributed by atoms with van der Waals surface area (Å²) in [6.07, 6.45) is 0. The summed E-state index contributed by atoms with van der Waals surface area (Å²) < 4.78 is 0. The van der Waals surface area contributed by atoms with Gasteiger partial charge in [0, 0.05) is 10.5 Å². The molecule has 0 aromatic carbocycles. The molecule has 1 fully saturated rings. The second-order valence-electron chi connectivity index (χ2n) is 4.67. The molecular formula is C8H17ClN2O3. The van der Waals surface area contributed by atoms with Crippen LogP contribution in [0.25, 0.3) is 0 Å². The highest BCUT2D eigenvalue weighted by atomic mass is 35.5. The molecule has 0 saturated carbocycles. The number of halogens is 1. The van der Waals surface area contributed by atoms with Gasteiger partial charge < -0.3 is 5.11 Å². The first-order valence-electron chi connectivity index (χ1n) is 4.32. The summed E-state index contributed by atoms with van der Waals surface area (Å²) in [6.45, 7) is 6.35. The molecule has 0 radical (unpaired) electrons. The van der Waals surface area contributed by atoms with E-state index in [2.05, 4.69) is 0 Å². The van der Waals surface area contributed by atoms with Crippen molar-refractivity contribution in [3.63, 3.8) is 0 Å². The summed E-state index contributed by atoms with van der Waals surface area (Å²) in [5.74, 6) is 0. The Morgan fingerprint density at radius 1 is 1.50 bits per heavy atom. The number of rotatable bonds is 2. The van der Waals surface area contributed by atoms with Gasteiger partial charge in [0.25, 0.3) is 5.54 Å². The molecule has 0 unspecified atom stereocenters. The number of nitrogens with zero attached hydrogens (tertiary/aromatic N) is 2. The fourth-order valence-electron chi connectivity index (χ4n) is 1.41. The van der Waals surface area contributed by atoms with Crippen molar-refractivity contribution in [1.29, 1.82) is 0 Å². The van der Waals surface area contributed by atoms with Crippen LogP contribution in [0, 0.1) is 10.1 Å². The van der Waals surface area contributed by atoms with E-state index in [1.54, 1.807) is 0 Å². The fourth-order valence-corrected chi connectivity index (χ4v) is 1.41. The molecule has 0 aromatic rings. The van der Waals surface area contributed by atoms with Crippen LogP contribution in [-0.2, 0) is 0 Å². The molecule has 0 aliphatic carbocycles. The van der Waals surface area contributed by atoms with Gasteiger partial charge in [-0.2, -0.15) is 0 Å². The Morgan fingerprint density at radius 3 is 2.14 bits per heavy atom. The first-order chi connectivity index (χ1) is 5.82. The minimum absolute atomic E-state index is 0. The van der Waals surface area contributed by atoms with Crippen LogP contribution in [-0.4, -0.2) is 45.7 Å². The van der Waals surface area contributed by atoms with Crippen molar-refractivity contribution in [3.8, 4) is 0 Å². The zero-order valence-electron chi connectivity index (χ0n) is 8.69. The first kappa shape index (κ1) is 13.6. The molecule has 0 bridgehead atoms. The maximum Gasteiger partial charge on any atom is 0.269 e. The van der Waals surface area contributed by atoms with Gasteiger partial charge in [-0.15, -0.1) is 12.4 Å². The second kappa shape index (κ2) is 4.00. The minimum Gasteiger partial charge on any atom is -0.389 e. The van der Waals surface area contributed by atoms with E-state index in [4.69, 9.17) is 5.11 Å². The molecular weight excluding hydrogens is 208 g/mol. The minimum atomic E-state index is -1.10. The number of aliphatic hydroxyl groups excluding tert-OH is 1. The maximum atomic E-state index is 10.6. The molecule has 5 nitrogen and oxygen atoms in total. The van der Waals surface area contributed by atoms with E-state index < -0.39 is 5.54 Å². The lowest BCUT2D eigenvalue weighted by atomic mass is 9.86. The smallest absolute Gasteiger partial charge is 0.269 e. The average Bonchev–Trinajstić information content (AvgIpc) is 1.81. The van der Waals surface area contributed by atoms with E-state index in [-0.39, 0.29) is 29.5 Å². The van der Waals surface area contributed by atoms with E-state index in [9.17, 15) is 10.1 Å². The number of hydrogen-bond acceptors (Lipinski definition) is 4. The Balaban J connectivity index is 0.00000169. The molecule has 14 heavy (non-hydrogen) atoms. The summed E-state index contributed by atoms with van der Waals surface area (Å²) >= 11 is 0. The topological polar surface area (TPSA) is 66.6 Å². The molecule has 0 amide bonds. The third-order valence-corrected chi connectivity index (χ3v) is 2.60. The zero-order valence-corrected chi connectivity index (χ0v) is 9.50. The van der Waals surface area contributed by atoms with Gasteiger partial charge in [-0.25, -0.2) is 0 Å². The Kier molecular flexibility index (Phi) is 3.89. The van der Waals surface area contributed by atoms with Crippen molar-refractivity contribution in [2.45, 2.75) is 31.8 Å². The third kappa shape index (κ3) is 2.16. The number of aliphatic hydroxyl groups is 1. The molecule has 0 spiro atoms. The number of nitro groups is 1. The third-order valence-electron chi connectivity index (χ3n) is 2.60. The SMILES string of the molecule is CC(C)(C)N1CC(CO)([N+](=O)[O-])C1.Cl. The van der Waals surface area contributed by atoms with E-state index in [1.807, 2.05) is 25.7 Å². The Bertz CT molecular complexity index is 221. The molecule has 1 saturated heterocycles. The van der Waals surface area contributed by atoms with E-state index in [0.29, 0.717) is 13.1 Å². The Hall–Kier alpha value is -0.390. The fraction of sp³-hybridized carbons (Fsp3) is 1.00. The summed E-state index contributed by atoms with van der Waals surface area (Å²) in [4.78, 5) is 12.3. The van der Waals surface area contributed by atoms with Gasteiger partial charge in [0.1, 0.15) is 6.61 Å². The monoisotopic (exact) mass is 224 g/mol. The predicted molar refractivity (Wildman–Crippen MR) is 55.4 cm³/mol. The molecule has 1 N–H and O–H groups in total. The van der Waals surface area contributed by atoms with Gasteiger partial charge in [0.15, 0.2) is 0 Å². The summed E-state index contributed by atoms with van der Waals surface area (Å²) in [7, 11) is 0. The summed E-state index contributed by atoms with van der Waals surface area (Å²) in [6, 6.07) is 0. The molecule has 1 aliphatic heterocycles. The van der Waals surface area contributed by atoms with Gasteiger partial charge in [-0.3, -0.25) is 15.0 Å². The summed E-state index contributed by atoms with van der Waals surface area (Å²) in [5, 5.41) is 19.5. The van der Waals surface area contributed by atoms with Crippen LogP contribution in [0.15, 0.2) is 0 Å². The molecule has 84 valence electrons. The Morgan fingerprint density at radius 2 is 1.93 bits per heavy atom. The van der Waals surface area contributed by atoms with Crippen molar-refractivity contribution in [2.24, 2.45) is 0 Å². The predicted octanol–water partition coefficient (Wildman–Crippen LogP) is 0.530. The van der Waals surface area contributed by atoms with Crippen molar-refractivity contribution in [3.05, 3.63) is 10.1 Å². The van der Waals surface area contributed by atoms with E-state index in [1.165, 1.54) is 0 Å². The average molecular weight is 225 g/mol. The van der Waals surface area contributed by atoms with Crippen LogP contribution in [0.3, 0.4) is 0 Å². The molecule has 1 aliphatic rings. The van der Waals surface area contributed by atoms with Gasteiger partial charge in [0.2, 0.25) is 0 Å². The van der Waals surface area contributed by atoms with Crippen molar-refractivity contribution >= 4 is 12.4 Å². The first-order valence-corrected chi connectivity index (χ1v) is 4.32. The normalized spacial score (nSPS) is 20.9. The van der Waals surface area contributed by atoms with Gasteiger partial charge in [-0.05, 0) is 20.8 Å². The second-order valence-corrected chi connectivity index (χ2v) is 4.67. The number of likely N-dealkylation sites (tertiary alicyclic amines) is 1. The lowest BCUT2D eigenvalue weighted by Crippen LogP contribution is -2.71. The highest BCUT2D eigenvalue weighted by molar-refractivity contribution is 5.85. The molecule has 6 heteroatoms. The highest BCUT2D eigenvalue weighted by Gasteiger charge is 2.56. The van der Waals surface area contributed by atoms with Crippen LogP contribution in [0.5, 0.6) is 0 Å². The van der Waals surface area contributed by atoms with Crippen LogP contribution in [0.4, 0.5) is 0 Å². The van der Waals surface area contributed by atoms with Crippen LogP contribution in [0.2, 0.25) is 0 Å². The molecule has 0 aromatic heterocycles. The largest absolute Gasteiger partial charge is 0.389 e. The molecule has 0 atom stereocenters. The van der Waals surface area contributed by atoms with E-state index in [0.717, 1.165) is 0 Å². The van der Waals surface area contributed by atoms with Crippen molar-refractivity contribution in [1.82, 2.24) is 4.90 Å². The zero-order chi connectivity index (χ0) is 10.3. The quantitative estimate of drug-likeness (QED) is 0.549. The lowest BCUT2D eigenvalue weighted by molar-refractivity contribution is -0.594. The molecule has 1 heterocycles. The van der Waals surface area contributed by atoms with Gasteiger partial charge in [-0.1, -0.05) is 0 Å². The van der Waals surface area contributed by atoms with E-state index >= 15 is 0 Å². The molecule has 1 rings (SSSR count). The lowest BCUT2D eigenvalue weighted by Gasteiger charge is -2.49. The maximum absolute atomic E-state index is 10.6. The van der Waals surface area contributed by atoms with Crippen molar-refractivity contribution in [2.75, 3.05) is 19.7 Å². The number of hydrogen-bond donors (Lipinski definition) is 1. The standard InChI is InChI=1S/C8H16N2O3.ClH/c1-7(2,3)9-4-8(5-9,6-11)10(12)13;/h11H,4-6H2,1-3H3;1H. The Labute approximate surface area is 89.6 Å². The highest BCUT2D eigenvalue weighted by Crippen LogP contribution is 2.30. The van der Waals surface area contributed by atoms with Gasteiger partial charge >= 0.3 is 0 Å². The van der Waals surface area contributed by atoms with Crippen LogP contribution in [0.1, 0.15) is 20.8 Å². The van der Waals surface area contributed by atoms with Crippen molar-refractivity contribution < 1.29 is 10.0 Å². The summed E-state index contributed by atoms with van der Waals surface area (Å²) in [5.41, 5.74) is -1.15. The van der Waals surface area contributed by atoms with Gasteiger partial charge in [0.05, 0.1) is 13.1 Å². The van der Waals surface area contributed by atoms with Crippen LogP contribution >= 0.6 is 12.4 Å².